The highest BCUT2D eigenvalue weighted by Gasteiger charge is 2.19. The third-order valence-corrected chi connectivity index (χ3v) is 3.39. The van der Waals surface area contributed by atoms with Gasteiger partial charge in [-0.05, 0) is 30.5 Å². The molecule has 0 atom stereocenters. The van der Waals surface area contributed by atoms with Crippen LogP contribution in [0.15, 0.2) is 12.1 Å². The highest BCUT2D eigenvalue weighted by Crippen LogP contribution is 2.26. The summed E-state index contributed by atoms with van der Waals surface area (Å²) in [6, 6.07) is 4.24. The van der Waals surface area contributed by atoms with Gasteiger partial charge in [0.15, 0.2) is 0 Å². The van der Waals surface area contributed by atoms with Gasteiger partial charge in [-0.1, -0.05) is 34.6 Å². The smallest absolute Gasteiger partial charge is 0.129 e. The minimum atomic E-state index is 0.0497. The predicted molar refractivity (Wildman–Crippen MR) is 85.2 cm³/mol. The van der Waals surface area contributed by atoms with Crippen molar-refractivity contribution < 1.29 is 0 Å². The van der Waals surface area contributed by atoms with Gasteiger partial charge in [0.25, 0.3) is 0 Å². The molecule has 0 aromatic carbocycles. The molecule has 1 aromatic heterocycles. The van der Waals surface area contributed by atoms with Crippen LogP contribution in [0.2, 0.25) is 0 Å². The summed E-state index contributed by atoms with van der Waals surface area (Å²) in [6.45, 7) is 15.2. The number of pyridine rings is 1. The van der Waals surface area contributed by atoms with Crippen LogP contribution in [-0.2, 0) is 11.3 Å². The van der Waals surface area contributed by atoms with Crippen molar-refractivity contribution in [1.29, 1.82) is 0 Å². The second-order valence-electron chi connectivity index (χ2n) is 6.53. The van der Waals surface area contributed by atoms with Gasteiger partial charge in [0.05, 0.1) is 0 Å². The van der Waals surface area contributed by atoms with Crippen LogP contribution in [0.25, 0.3) is 0 Å². The van der Waals surface area contributed by atoms with E-state index in [9.17, 15) is 0 Å². The zero-order valence-electron chi connectivity index (χ0n) is 13.1. The van der Waals surface area contributed by atoms with Gasteiger partial charge >= 0.3 is 0 Å². The Morgan fingerprint density at radius 1 is 1.26 bits per heavy atom. The summed E-state index contributed by atoms with van der Waals surface area (Å²) in [5.74, 6) is 2.22. The molecule has 0 spiro atoms. The van der Waals surface area contributed by atoms with E-state index in [2.05, 4.69) is 58.6 Å². The molecule has 2 nitrogen and oxygen atoms in total. The summed E-state index contributed by atoms with van der Waals surface area (Å²) in [4.78, 5) is 7.17. The molecule has 0 aliphatic carbocycles. The standard InChI is InChI=1S/C16H27ClN2/c1-7-19(11-12(2)3)15-9-13(10-17)8-14(18-15)16(4,5)6/h8-9,12H,7,10-11H2,1-6H3. The molecule has 1 heterocycles. The summed E-state index contributed by atoms with van der Waals surface area (Å²) >= 11 is 6.03. The van der Waals surface area contributed by atoms with Gasteiger partial charge in [0.1, 0.15) is 5.82 Å². The number of nitrogens with zero attached hydrogens (tertiary/aromatic N) is 2. The van der Waals surface area contributed by atoms with Crippen LogP contribution in [0.3, 0.4) is 0 Å². The Hall–Kier alpha value is -0.760. The Kier molecular flexibility index (Phi) is 5.66. The molecule has 0 aliphatic rings. The fourth-order valence-corrected chi connectivity index (χ4v) is 2.17. The molecule has 0 bridgehead atoms. The van der Waals surface area contributed by atoms with Crippen molar-refractivity contribution in [2.24, 2.45) is 5.92 Å². The summed E-state index contributed by atoms with van der Waals surface area (Å²) in [5.41, 5.74) is 2.32. The average molecular weight is 283 g/mol. The highest BCUT2D eigenvalue weighted by molar-refractivity contribution is 6.17. The summed E-state index contributed by atoms with van der Waals surface area (Å²) in [6.07, 6.45) is 0. The lowest BCUT2D eigenvalue weighted by Crippen LogP contribution is -2.29. The van der Waals surface area contributed by atoms with E-state index in [1.165, 1.54) is 0 Å². The summed E-state index contributed by atoms with van der Waals surface area (Å²) < 4.78 is 0. The predicted octanol–water partition coefficient (Wildman–Crippen LogP) is 4.60. The molecule has 0 N–H and O–H groups in total. The summed E-state index contributed by atoms with van der Waals surface area (Å²) in [5, 5.41) is 0. The number of rotatable bonds is 5. The second kappa shape index (κ2) is 6.60. The van der Waals surface area contributed by atoms with Crippen LogP contribution < -0.4 is 4.90 Å². The molecular formula is C16H27ClN2. The molecule has 108 valence electrons. The zero-order valence-corrected chi connectivity index (χ0v) is 13.9. The number of aromatic nitrogens is 1. The first kappa shape index (κ1) is 16.3. The van der Waals surface area contributed by atoms with Crippen molar-refractivity contribution in [3.8, 4) is 0 Å². The van der Waals surface area contributed by atoms with Crippen molar-refractivity contribution in [2.75, 3.05) is 18.0 Å². The first-order valence-electron chi connectivity index (χ1n) is 7.10. The number of hydrogen-bond acceptors (Lipinski definition) is 2. The topological polar surface area (TPSA) is 16.1 Å². The maximum absolute atomic E-state index is 6.03. The molecule has 0 fully saturated rings. The van der Waals surface area contributed by atoms with Gasteiger partial charge in [-0.3, -0.25) is 0 Å². The average Bonchev–Trinajstić information content (AvgIpc) is 2.34. The lowest BCUT2D eigenvalue weighted by molar-refractivity contribution is 0.563. The van der Waals surface area contributed by atoms with Gasteiger partial charge in [-0.2, -0.15) is 0 Å². The van der Waals surface area contributed by atoms with E-state index in [0.717, 1.165) is 30.2 Å². The van der Waals surface area contributed by atoms with E-state index in [1.54, 1.807) is 0 Å². The van der Waals surface area contributed by atoms with Gasteiger partial charge in [0, 0.05) is 30.1 Å². The highest BCUT2D eigenvalue weighted by atomic mass is 35.5. The fourth-order valence-electron chi connectivity index (χ4n) is 2.02. The van der Waals surface area contributed by atoms with Gasteiger partial charge in [-0.25, -0.2) is 4.98 Å². The van der Waals surface area contributed by atoms with Crippen LogP contribution in [0.4, 0.5) is 5.82 Å². The quantitative estimate of drug-likeness (QED) is 0.734. The zero-order chi connectivity index (χ0) is 14.6. The number of halogens is 1. The SMILES string of the molecule is CCN(CC(C)C)c1cc(CCl)cc(C(C)(C)C)n1. The first-order valence-corrected chi connectivity index (χ1v) is 7.63. The van der Waals surface area contributed by atoms with Crippen LogP contribution in [0.5, 0.6) is 0 Å². The molecule has 19 heavy (non-hydrogen) atoms. The van der Waals surface area contributed by atoms with Crippen LogP contribution >= 0.6 is 11.6 Å². The van der Waals surface area contributed by atoms with E-state index in [1.807, 2.05) is 0 Å². The minimum Gasteiger partial charge on any atom is -0.357 e. The lowest BCUT2D eigenvalue weighted by atomic mass is 9.91. The minimum absolute atomic E-state index is 0.0497. The lowest BCUT2D eigenvalue weighted by Gasteiger charge is -2.27. The van der Waals surface area contributed by atoms with Crippen LogP contribution in [-0.4, -0.2) is 18.1 Å². The Morgan fingerprint density at radius 2 is 1.89 bits per heavy atom. The maximum Gasteiger partial charge on any atom is 0.129 e. The number of anilines is 1. The summed E-state index contributed by atoms with van der Waals surface area (Å²) in [7, 11) is 0. The largest absolute Gasteiger partial charge is 0.357 e. The van der Waals surface area contributed by atoms with E-state index in [0.29, 0.717) is 11.8 Å². The van der Waals surface area contributed by atoms with E-state index < -0.39 is 0 Å². The Morgan fingerprint density at radius 3 is 2.32 bits per heavy atom. The molecule has 0 radical (unpaired) electrons. The number of hydrogen-bond donors (Lipinski definition) is 0. The van der Waals surface area contributed by atoms with E-state index in [-0.39, 0.29) is 5.41 Å². The fraction of sp³-hybridized carbons (Fsp3) is 0.688. The van der Waals surface area contributed by atoms with Gasteiger partial charge < -0.3 is 4.90 Å². The molecule has 3 heteroatoms. The maximum atomic E-state index is 6.03. The Bertz CT molecular complexity index is 408. The van der Waals surface area contributed by atoms with Crippen molar-refractivity contribution in [3.05, 3.63) is 23.4 Å². The Balaban J connectivity index is 3.18. The molecule has 1 aromatic rings. The van der Waals surface area contributed by atoms with E-state index in [4.69, 9.17) is 16.6 Å². The molecule has 0 unspecified atom stereocenters. The third kappa shape index (κ3) is 4.68. The van der Waals surface area contributed by atoms with E-state index >= 15 is 0 Å². The normalized spacial score (nSPS) is 12.0. The number of alkyl halides is 1. The van der Waals surface area contributed by atoms with Crippen molar-refractivity contribution >= 4 is 17.4 Å². The van der Waals surface area contributed by atoms with Crippen molar-refractivity contribution in [3.63, 3.8) is 0 Å². The molecular weight excluding hydrogens is 256 g/mol. The van der Waals surface area contributed by atoms with Crippen molar-refractivity contribution in [2.45, 2.75) is 52.8 Å². The third-order valence-electron chi connectivity index (χ3n) is 3.09. The monoisotopic (exact) mass is 282 g/mol. The molecule has 0 aliphatic heterocycles. The van der Waals surface area contributed by atoms with Gasteiger partial charge in [0.2, 0.25) is 0 Å². The second-order valence-corrected chi connectivity index (χ2v) is 6.80. The molecule has 0 amide bonds. The van der Waals surface area contributed by atoms with Crippen LogP contribution in [0, 0.1) is 5.92 Å². The first-order chi connectivity index (χ1) is 8.77. The molecule has 0 saturated carbocycles. The van der Waals surface area contributed by atoms with Crippen molar-refractivity contribution in [1.82, 2.24) is 4.98 Å². The van der Waals surface area contributed by atoms with Crippen LogP contribution in [0.1, 0.15) is 52.8 Å². The Labute approximate surface area is 123 Å². The molecule has 1 rings (SSSR count). The van der Waals surface area contributed by atoms with Gasteiger partial charge in [-0.15, -0.1) is 11.6 Å². The molecule has 0 saturated heterocycles.